The number of ether oxygens (including phenoxy) is 6. The number of nitrogen functional groups attached to an aromatic ring is 2. The highest BCUT2D eigenvalue weighted by Gasteiger charge is 2.17. The number of methoxy groups -OCH3 is 1. The van der Waals surface area contributed by atoms with Crippen LogP contribution in [0.2, 0.25) is 0 Å². The van der Waals surface area contributed by atoms with Gasteiger partial charge in [-0.1, -0.05) is 11.8 Å². The second-order valence-corrected chi connectivity index (χ2v) is 14.0. The van der Waals surface area contributed by atoms with E-state index < -0.39 is 17.3 Å². The molecule has 2 amide bonds. The minimum Gasteiger partial charge on any atom is -0.493 e. The van der Waals surface area contributed by atoms with E-state index in [0.29, 0.717) is 107 Å². The first-order valence-electron chi connectivity index (χ1n) is 17.9. The summed E-state index contributed by atoms with van der Waals surface area (Å²) in [5.74, 6) is 7.36. The third kappa shape index (κ3) is 20.1. The maximum Gasteiger partial charge on any atom is 0.407 e. The number of nitrogens with two attached hydrogens (primary N) is 2. The molecule has 6 N–H and O–H groups in total. The number of hydrogen-bond acceptors (Lipinski definition) is 13. The van der Waals surface area contributed by atoms with Gasteiger partial charge in [0, 0.05) is 50.5 Å². The summed E-state index contributed by atoms with van der Waals surface area (Å²) in [6, 6.07) is 3.75. The number of alkyl carbamates (subject to hydrolysis) is 1. The maximum absolute atomic E-state index is 12.3. The number of nitrogens with zero attached hydrogens (tertiary/aromatic N) is 2. The molecule has 0 saturated carbocycles. The summed E-state index contributed by atoms with van der Waals surface area (Å²) in [6.45, 7) is 13.4. The molecule has 1 aromatic heterocycles. The number of nitrogens with one attached hydrogen (secondary N) is 2. The van der Waals surface area contributed by atoms with Crippen LogP contribution >= 0.6 is 0 Å². The van der Waals surface area contributed by atoms with Gasteiger partial charge < -0.3 is 50.5 Å². The molecule has 0 atom stereocenters. The van der Waals surface area contributed by atoms with E-state index in [1.165, 1.54) is 0 Å². The van der Waals surface area contributed by atoms with Crippen LogP contribution in [0.25, 0.3) is 0 Å². The summed E-state index contributed by atoms with van der Waals surface area (Å²) >= 11 is 0. The van der Waals surface area contributed by atoms with E-state index in [-0.39, 0.29) is 30.1 Å². The van der Waals surface area contributed by atoms with Gasteiger partial charge in [-0.15, -0.1) is 0 Å². The van der Waals surface area contributed by atoms with E-state index in [0.717, 1.165) is 5.56 Å². The molecular formula is C38H58N6O9. The van der Waals surface area contributed by atoms with E-state index >= 15 is 0 Å². The van der Waals surface area contributed by atoms with Crippen molar-refractivity contribution in [3.05, 3.63) is 35.0 Å². The highest BCUT2D eigenvalue weighted by Crippen LogP contribution is 2.34. The van der Waals surface area contributed by atoms with Crippen LogP contribution in [-0.4, -0.2) is 92.4 Å². The molecule has 15 nitrogen and oxygen atoms in total. The molecule has 2 aromatic rings. The van der Waals surface area contributed by atoms with E-state index in [1.54, 1.807) is 34.1 Å². The van der Waals surface area contributed by atoms with Crippen molar-refractivity contribution in [1.29, 1.82) is 0 Å². The molecule has 53 heavy (non-hydrogen) atoms. The number of aromatic nitrogens is 2. The fraction of sp³-hybridized carbons (Fsp3) is 0.605. The van der Waals surface area contributed by atoms with Gasteiger partial charge in [0.25, 0.3) is 0 Å². The minimum atomic E-state index is -0.547. The van der Waals surface area contributed by atoms with E-state index in [2.05, 4.69) is 32.4 Å². The zero-order valence-corrected chi connectivity index (χ0v) is 32.4. The Kier molecular flexibility index (Phi) is 19.2. The monoisotopic (exact) mass is 742 g/mol. The number of hydrogen-bond donors (Lipinski definition) is 4. The number of carbonyl (C=O) groups excluding carboxylic acids is 3. The predicted molar refractivity (Wildman–Crippen MR) is 201 cm³/mol. The van der Waals surface area contributed by atoms with Crippen LogP contribution in [0.1, 0.15) is 96.8 Å². The first kappa shape index (κ1) is 44.4. The lowest BCUT2D eigenvalue weighted by Gasteiger charge is -2.19. The van der Waals surface area contributed by atoms with Crippen molar-refractivity contribution in [3.8, 4) is 23.3 Å². The Hall–Kier alpha value is -4.81. The molecule has 0 aliphatic heterocycles. The van der Waals surface area contributed by atoms with Crippen molar-refractivity contribution >= 4 is 29.7 Å². The summed E-state index contributed by atoms with van der Waals surface area (Å²) in [6.07, 6.45) is 4.39. The molecule has 0 bridgehead atoms. The van der Waals surface area contributed by atoms with E-state index in [9.17, 15) is 14.4 Å². The molecule has 0 spiro atoms. The summed E-state index contributed by atoms with van der Waals surface area (Å²) in [4.78, 5) is 44.1. The average molecular weight is 743 g/mol. The van der Waals surface area contributed by atoms with Gasteiger partial charge in [-0.05, 0) is 78.5 Å². The van der Waals surface area contributed by atoms with Crippen LogP contribution in [0.3, 0.4) is 0 Å². The van der Waals surface area contributed by atoms with Gasteiger partial charge in [-0.3, -0.25) is 9.59 Å². The molecule has 0 saturated heterocycles. The highest BCUT2D eigenvalue weighted by atomic mass is 16.6. The van der Waals surface area contributed by atoms with Crippen LogP contribution in [-0.2, 0) is 35.0 Å². The fourth-order valence-electron chi connectivity index (χ4n) is 4.59. The predicted octanol–water partition coefficient (Wildman–Crippen LogP) is 4.33. The lowest BCUT2D eigenvalue weighted by molar-refractivity contribution is -0.154. The standard InChI is InChI=1S/C38H58N6O9/c1-37(2,3)52-32(46)15-10-8-9-13-28-23-27(24-29-26-43-35(40)44-34(29)39)25-30(48-7)33(28)51-18-12-11-14-31(45)41-16-19-49-21-22-50-20-17-42-36(47)53-38(4,5)6/h23,25-26H,8,10-12,14-22,24H2,1-7H3,(H,41,45)(H,42,47)(H4,39,40,43,44). The first-order chi connectivity index (χ1) is 25.1. The van der Waals surface area contributed by atoms with Crippen LogP contribution in [0.4, 0.5) is 16.6 Å². The zero-order valence-electron chi connectivity index (χ0n) is 32.4. The molecule has 1 aromatic carbocycles. The second kappa shape index (κ2) is 23.0. The number of anilines is 2. The number of esters is 1. The summed E-state index contributed by atoms with van der Waals surface area (Å²) < 4.78 is 33.3. The topological polar surface area (TPSA) is 208 Å². The normalized spacial score (nSPS) is 11.2. The van der Waals surface area contributed by atoms with Gasteiger partial charge in [0.15, 0.2) is 11.5 Å². The molecule has 294 valence electrons. The zero-order chi connectivity index (χ0) is 39.3. The van der Waals surface area contributed by atoms with Gasteiger partial charge in [0.1, 0.15) is 17.0 Å². The van der Waals surface area contributed by atoms with Gasteiger partial charge in [-0.2, -0.15) is 4.98 Å². The molecule has 1 heterocycles. The largest absolute Gasteiger partial charge is 0.493 e. The van der Waals surface area contributed by atoms with Crippen molar-refractivity contribution in [2.45, 2.75) is 97.7 Å². The SMILES string of the molecule is COc1cc(Cc2cnc(N)nc2N)cc(C#CCCCC(=O)OC(C)(C)C)c1OCCCCC(=O)NCCOCCOCCNC(=O)OC(C)(C)C. The Labute approximate surface area is 313 Å². The molecule has 0 aliphatic carbocycles. The third-order valence-corrected chi connectivity index (χ3v) is 6.87. The van der Waals surface area contributed by atoms with Crippen molar-refractivity contribution in [3.63, 3.8) is 0 Å². The minimum absolute atomic E-state index is 0.0798. The lowest BCUT2D eigenvalue weighted by Crippen LogP contribution is -2.34. The molecule has 0 fully saturated rings. The molecule has 2 rings (SSSR count). The average Bonchev–Trinajstić information content (AvgIpc) is 3.05. The number of rotatable bonds is 21. The van der Waals surface area contributed by atoms with Crippen molar-refractivity contribution < 1.29 is 42.8 Å². The Morgan fingerprint density at radius 1 is 0.830 bits per heavy atom. The van der Waals surface area contributed by atoms with Crippen molar-refractivity contribution in [1.82, 2.24) is 20.6 Å². The molecule has 15 heteroatoms. The Morgan fingerprint density at radius 3 is 2.15 bits per heavy atom. The van der Waals surface area contributed by atoms with Crippen LogP contribution in [0.5, 0.6) is 11.5 Å². The fourth-order valence-corrected chi connectivity index (χ4v) is 4.59. The molecular weight excluding hydrogens is 684 g/mol. The quantitative estimate of drug-likeness (QED) is 0.0799. The van der Waals surface area contributed by atoms with Gasteiger partial charge in [0.05, 0.1) is 45.7 Å². The number of benzene rings is 1. The lowest BCUT2D eigenvalue weighted by atomic mass is 10.0. The molecule has 0 radical (unpaired) electrons. The van der Waals surface area contributed by atoms with Crippen LogP contribution < -0.4 is 31.6 Å². The summed E-state index contributed by atoms with van der Waals surface area (Å²) in [5, 5.41) is 5.47. The smallest absolute Gasteiger partial charge is 0.407 e. The second-order valence-electron chi connectivity index (χ2n) is 14.0. The van der Waals surface area contributed by atoms with Crippen LogP contribution in [0, 0.1) is 11.8 Å². The van der Waals surface area contributed by atoms with E-state index in [1.807, 2.05) is 32.9 Å². The van der Waals surface area contributed by atoms with Gasteiger partial charge in [0.2, 0.25) is 11.9 Å². The van der Waals surface area contributed by atoms with Crippen molar-refractivity contribution in [2.24, 2.45) is 0 Å². The Morgan fingerprint density at radius 2 is 1.51 bits per heavy atom. The Balaban J connectivity index is 1.81. The van der Waals surface area contributed by atoms with Gasteiger partial charge in [-0.25, -0.2) is 9.78 Å². The summed E-state index contributed by atoms with van der Waals surface area (Å²) in [5.41, 5.74) is 12.8. The first-order valence-corrected chi connectivity index (χ1v) is 17.9. The molecule has 0 unspecified atom stereocenters. The highest BCUT2D eigenvalue weighted by molar-refractivity contribution is 5.75. The number of amides is 2. The maximum atomic E-state index is 12.3. The number of carbonyl (C=O) groups is 3. The number of unbranched alkanes of at least 4 members (excludes halogenated alkanes) is 2. The summed E-state index contributed by atoms with van der Waals surface area (Å²) in [7, 11) is 1.55. The molecule has 0 aliphatic rings. The van der Waals surface area contributed by atoms with Crippen LogP contribution in [0.15, 0.2) is 18.3 Å². The Bertz CT molecular complexity index is 1530. The van der Waals surface area contributed by atoms with Crippen molar-refractivity contribution in [2.75, 3.05) is 64.7 Å². The van der Waals surface area contributed by atoms with E-state index in [4.69, 9.17) is 39.9 Å². The third-order valence-electron chi connectivity index (χ3n) is 6.87. The van der Waals surface area contributed by atoms with Gasteiger partial charge >= 0.3 is 12.1 Å².